The third-order valence-electron chi connectivity index (χ3n) is 8.97. The molecule has 3 aliphatic rings. The number of aryl methyl sites for hydroxylation is 1. The number of amides is 1. The SMILES string of the molecule is C=CCOc1ccccc1C(=O)[C@@H]1[C@H](C(=O)c2ccc(C)cc2)N2C=Cc3ccccc3[C@H]2[C@]12C(=O)Nc1ccccc12. The summed E-state index contributed by atoms with van der Waals surface area (Å²) in [4.78, 5) is 46.3. The van der Waals surface area contributed by atoms with Crippen molar-refractivity contribution in [3.8, 4) is 5.75 Å². The second kappa shape index (κ2) is 10.2. The van der Waals surface area contributed by atoms with Crippen LogP contribution >= 0.6 is 0 Å². The van der Waals surface area contributed by atoms with E-state index in [1.54, 1.807) is 42.5 Å². The lowest BCUT2D eigenvalue weighted by Gasteiger charge is -2.38. The Morgan fingerprint density at radius 2 is 1.65 bits per heavy atom. The Kier molecular flexibility index (Phi) is 6.35. The minimum absolute atomic E-state index is 0.208. The molecule has 0 unspecified atom stereocenters. The van der Waals surface area contributed by atoms with Crippen LogP contribution in [0.15, 0.2) is 116 Å². The van der Waals surface area contributed by atoms with E-state index in [1.807, 2.05) is 84.8 Å². The van der Waals surface area contributed by atoms with Crippen molar-refractivity contribution in [2.75, 3.05) is 11.9 Å². The van der Waals surface area contributed by atoms with Gasteiger partial charge >= 0.3 is 0 Å². The minimum Gasteiger partial charge on any atom is -0.489 e. The summed E-state index contributed by atoms with van der Waals surface area (Å²) in [7, 11) is 0. The topological polar surface area (TPSA) is 75.7 Å². The number of carbonyl (C=O) groups is 3. The van der Waals surface area contributed by atoms with E-state index in [9.17, 15) is 9.59 Å². The van der Waals surface area contributed by atoms with Crippen LogP contribution in [0.25, 0.3) is 6.08 Å². The third kappa shape index (κ3) is 3.90. The van der Waals surface area contributed by atoms with Crippen LogP contribution in [0, 0.1) is 12.8 Å². The zero-order valence-corrected chi connectivity index (χ0v) is 23.7. The fourth-order valence-corrected chi connectivity index (χ4v) is 7.17. The number of nitrogens with one attached hydrogen (secondary N) is 1. The number of fused-ring (bicyclic) bond motifs is 6. The lowest BCUT2D eigenvalue weighted by atomic mass is 9.62. The first-order valence-electron chi connectivity index (χ1n) is 14.4. The monoisotopic (exact) mass is 566 g/mol. The molecule has 0 saturated carbocycles. The Labute approximate surface area is 250 Å². The lowest BCUT2D eigenvalue weighted by Crippen LogP contribution is -2.49. The van der Waals surface area contributed by atoms with Gasteiger partial charge in [0.2, 0.25) is 5.91 Å². The highest BCUT2D eigenvalue weighted by molar-refractivity contribution is 6.17. The van der Waals surface area contributed by atoms with Crippen molar-refractivity contribution >= 4 is 29.2 Å². The molecule has 3 heterocycles. The van der Waals surface area contributed by atoms with Crippen LogP contribution < -0.4 is 10.1 Å². The number of nitrogens with zero attached hydrogens (tertiary/aromatic N) is 1. The van der Waals surface area contributed by atoms with Crippen molar-refractivity contribution in [2.45, 2.75) is 24.4 Å². The molecule has 0 aromatic heterocycles. The summed E-state index contributed by atoms with van der Waals surface area (Å²) in [5, 5.41) is 3.09. The summed E-state index contributed by atoms with van der Waals surface area (Å²) in [5.74, 6) is -1.52. The second-order valence-corrected chi connectivity index (χ2v) is 11.3. The molecule has 0 radical (unpaired) electrons. The summed E-state index contributed by atoms with van der Waals surface area (Å²) in [6, 6.07) is 28.2. The van der Waals surface area contributed by atoms with Crippen molar-refractivity contribution in [3.05, 3.63) is 149 Å². The van der Waals surface area contributed by atoms with Gasteiger partial charge in [-0.25, -0.2) is 0 Å². The van der Waals surface area contributed by atoms with Gasteiger partial charge in [0.25, 0.3) is 0 Å². The normalized spacial score (nSPS) is 22.9. The lowest BCUT2D eigenvalue weighted by molar-refractivity contribution is -0.122. The summed E-state index contributed by atoms with van der Waals surface area (Å²) >= 11 is 0. The zero-order valence-electron chi connectivity index (χ0n) is 23.7. The molecular formula is C37H30N2O4. The average Bonchev–Trinajstić information content (AvgIpc) is 3.52. The van der Waals surface area contributed by atoms with E-state index in [4.69, 9.17) is 4.74 Å². The van der Waals surface area contributed by atoms with Gasteiger partial charge in [0, 0.05) is 17.5 Å². The number of ether oxygens (including phenoxy) is 1. The van der Waals surface area contributed by atoms with Crippen molar-refractivity contribution in [3.63, 3.8) is 0 Å². The Morgan fingerprint density at radius 1 is 0.930 bits per heavy atom. The number of ketones is 2. The number of carbonyl (C=O) groups excluding carboxylic acids is 3. The van der Waals surface area contributed by atoms with Crippen molar-refractivity contribution < 1.29 is 19.1 Å². The molecule has 1 N–H and O–H groups in total. The van der Waals surface area contributed by atoms with Gasteiger partial charge in [0.1, 0.15) is 23.8 Å². The van der Waals surface area contributed by atoms with Crippen LogP contribution in [0.3, 0.4) is 0 Å². The van der Waals surface area contributed by atoms with Gasteiger partial charge in [-0.15, -0.1) is 0 Å². The minimum atomic E-state index is -1.40. The molecule has 7 rings (SSSR count). The van der Waals surface area contributed by atoms with Gasteiger partial charge < -0.3 is 15.0 Å². The van der Waals surface area contributed by atoms with Crippen LogP contribution in [0.5, 0.6) is 5.75 Å². The standard InChI is InChI=1S/C37H30N2O4/c1-3-22-43-30-15-9-6-12-27(30)34(41)31-32(33(40)25-18-16-23(2)17-19-25)39-21-20-24-10-4-5-11-26(24)35(39)37(31)28-13-7-8-14-29(28)38-36(37)42/h3-21,31-32,35H,1,22H2,2H3,(H,38,42)/t31-,32+,35-,37+/m0/s1. The fourth-order valence-electron chi connectivity index (χ4n) is 7.17. The zero-order chi connectivity index (χ0) is 29.7. The van der Waals surface area contributed by atoms with E-state index in [-0.39, 0.29) is 24.1 Å². The van der Waals surface area contributed by atoms with Gasteiger partial charge in [-0.2, -0.15) is 0 Å². The molecule has 6 nitrogen and oxygen atoms in total. The Bertz CT molecular complexity index is 1820. The van der Waals surface area contributed by atoms with Gasteiger partial charge in [-0.05, 0) is 47.9 Å². The maximum absolute atomic E-state index is 15.1. The van der Waals surface area contributed by atoms with Gasteiger partial charge in [0.05, 0.1) is 17.5 Å². The number of hydrogen-bond acceptors (Lipinski definition) is 5. The molecule has 0 aliphatic carbocycles. The number of benzene rings is 4. The maximum Gasteiger partial charge on any atom is 0.238 e. The van der Waals surface area contributed by atoms with E-state index in [2.05, 4.69) is 11.9 Å². The molecule has 4 aromatic rings. The molecular weight excluding hydrogens is 536 g/mol. The molecule has 1 fully saturated rings. The first-order chi connectivity index (χ1) is 21.0. The molecule has 212 valence electrons. The molecule has 4 aromatic carbocycles. The molecule has 1 saturated heterocycles. The highest BCUT2D eigenvalue weighted by atomic mass is 16.5. The molecule has 43 heavy (non-hydrogen) atoms. The average molecular weight is 567 g/mol. The Balaban J connectivity index is 1.52. The van der Waals surface area contributed by atoms with Crippen LogP contribution in [0.2, 0.25) is 0 Å². The van der Waals surface area contributed by atoms with E-state index in [0.717, 1.165) is 16.7 Å². The number of para-hydroxylation sites is 2. The van der Waals surface area contributed by atoms with Crippen LogP contribution in [0.1, 0.15) is 49.0 Å². The van der Waals surface area contributed by atoms with Gasteiger partial charge in [0.15, 0.2) is 11.6 Å². The quantitative estimate of drug-likeness (QED) is 0.203. The van der Waals surface area contributed by atoms with Crippen LogP contribution in [-0.2, 0) is 10.2 Å². The first-order valence-corrected chi connectivity index (χ1v) is 14.4. The Morgan fingerprint density at radius 3 is 2.47 bits per heavy atom. The van der Waals surface area contributed by atoms with E-state index in [0.29, 0.717) is 28.1 Å². The molecule has 3 aliphatic heterocycles. The molecule has 4 atom stereocenters. The van der Waals surface area contributed by atoms with Gasteiger partial charge in [-0.1, -0.05) is 97.1 Å². The van der Waals surface area contributed by atoms with Crippen LogP contribution in [-0.4, -0.2) is 35.0 Å². The third-order valence-corrected chi connectivity index (χ3v) is 8.97. The predicted octanol–water partition coefficient (Wildman–Crippen LogP) is 6.54. The largest absolute Gasteiger partial charge is 0.489 e. The highest BCUT2D eigenvalue weighted by Crippen LogP contribution is 2.62. The summed E-state index contributed by atoms with van der Waals surface area (Å²) in [6.07, 6.45) is 5.46. The number of rotatable bonds is 7. The Hall–Kier alpha value is -5.23. The fraction of sp³-hybridized carbons (Fsp3) is 0.162. The smallest absolute Gasteiger partial charge is 0.238 e. The molecule has 0 bridgehead atoms. The highest BCUT2D eigenvalue weighted by Gasteiger charge is 2.70. The first kappa shape index (κ1) is 26.7. The molecule has 6 heteroatoms. The molecule has 1 spiro atoms. The van der Waals surface area contributed by atoms with Crippen molar-refractivity contribution in [2.24, 2.45) is 5.92 Å². The van der Waals surface area contributed by atoms with E-state index in [1.165, 1.54) is 0 Å². The van der Waals surface area contributed by atoms with Crippen molar-refractivity contribution in [1.29, 1.82) is 0 Å². The number of Topliss-reactive ketones (excluding diaryl/α,β-unsaturated/α-hetero) is 2. The van der Waals surface area contributed by atoms with Crippen molar-refractivity contribution in [1.82, 2.24) is 4.90 Å². The predicted molar refractivity (Wildman–Crippen MR) is 166 cm³/mol. The van der Waals surface area contributed by atoms with Crippen LogP contribution in [0.4, 0.5) is 5.69 Å². The van der Waals surface area contributed by atoms with E-state index >= 15 is 4.79 Å². The summed E-state index contributed by atoms with van der Waals surface area (Å²) in [5.41, 5.74) is 3.64. The van der Waals surface area contributed by atoms with E-state index < -0.39 is 23.4 Å². The van der Waals surface area contributed by atoms with Gasteiger partial charge in [-0.3, -0.25) is 14.4 Å². The second-order valence-electron chi connectivity index (χ2n) is 11.3. The number of hydrogen-bond donors (Lipinski definition) is 1. The summed E-state index contributed by atoms with van der Waals surface area (Å²) < 4.78 is 5.93. The maximum atomic E-state index is 15.1. The number of anilines is 1. The molecule has 1 amide bonds. The summed E-state index contributed by atoms with van der Waals surface area (Å²) in [6.45, 7) is 5.92.